The van der Waals surface area contributed by atoms with Gasteiger partial charge < -0.3 is 19.4 Å². The molecule has 1 atom stereocenters. The van der Waals surface area contributed by atoms with E-state index in [2.05, 4.69) is 0 Å². The van der Waals surface area contributed by atoms with Crippen LogP contribution in [0.2, 0.25) is 0 Å². The average Bonchev–Trinajstić information content (AvgIpc) is 2.88. The van der Waals surface area contributed by atoms with Gasteiger partial charge in [0.25, 0.3) is 0 Å². The molecule has 0 radical (unpaired) electrons. The number of rotatable bonds is 4. The van der Waals surface area contributed by atoms with Crippen LogP contribution in [0.25, 0.3) is 0 Å². The zero-order valence-electron chi connectivity index (χ0n) is 10.9. The Bertz CT molecular complexity index is 645. The zero-order chi connectivity index (χ0) is 14.9. The van der Waals surface area contributed by atoms with Gasteiger partial charge in [-0.2, -0.15) is 0 Å². The molecule has 1 unspecified atom stereocenters. The number of ether oxygens (including phenoxy) is 1. The van der Waals surface area contributed by atoms with Crippen molar-refractivity contribution in [2.45, 2.75) is 12.5 Å². The van der Waals surface area contributed by atoms with Gasteiger partial charge >= 0.3 is 5.97 Å². The first-order valence-corrected chi connectivity index (χ1v) is 5.77. The first-order chi connectivity index (χ1) is 9.37. The molecule has 0 amide bonds. The SMILES string of the molecule is COc1cccc(F)c1C(C)(O)c1ccc(C(=O)O)o1. The van der Waals surface area contributed by atoms with Gasteiger partial charge in [0.15, 0.2) is 5.60 Å². The zero-order valence-corrected chi connectivity index (χ0v) is 10.9. The highest BCUT2D eigenvalue weighted by molar-refractivity contribution is 5.84. The van der Waals surface area contributed by atoms with Gasteiger partial charge in [-0.15, -0.1) is 0 Å². The van der Waals surface area contributed by atoms with E-state index in [1.807, 2.05) is 0 Å². The Kier molecular flexibility index (Phi) is 3.50. The quantitative estimate of drug-likeness (QED) is 0.898. The number of carbonyl (C=O) groups is 1. The van der Waals surface area contributed by atoms with Crippen molar-refractivity contribution in [3.8, 4) is 5.75 Å². The lowest BCUT2D eigenvalue weighted by molar-refractivity contribution is 0.0581. The van der Waals surface area contributed by atoms with Crippen LogP contribution in [-0.2, 0) is 5.60 Å². The van der Waals surface area contributed by atoms with Crippen LogP contribution in [0.3, 0.4) is 0 Å². The van der Waals surface area contributed by atoms with Crippen LogP contribution in [0.15, 0.2) is 34.7 Å². The van der Waals surface area contributed by atoms with E-state index >= 15 is 0 Å². The maximum absolute atomic E-state index is 14.0. The van der Waals surface area contributed by atoms with Crippen molar-refractivity contribution >= 4 is 5.97 Å². The number of methoxy groups -OCH3 is 1. The summed E-state index contributed by atoms with van der Waals surface area (Å²) < 4.78 is 24.1. The average molecular weight is 280 g/mol. The molecule has 0 fully saturated rings. The van der Waals surface area contributed by atoms with Gasteiger partial charge in [-0.1, -0.05) is 6.07 Å². The fourth-order valence-corrected chi connectivity index (χ4v) is 1.98. The van der Waals surface area contributed by atoms with E-state index in [1.54, 1.807) is 0 Å². The van der Waals surface area contributed by atoms with E-state index in [9.17, 15) is 14.3 Å². The molecule has 6 heteroatoms. The van der Waals surface area contributed by atoms with Crippen molar-refractivity contribution in [2.75, 3.05) is 7.11 Å². The second-order valence-corrected chi connectivity index (χ2v) is 4.36. The first kappa shape index (κ1) is 14.1. The number of hydrogen-bond acceptors (Lipinski definition) is 4. The Morgan fingerprint density at radius 3 is 2.60 bits per heavy atom. The van der Waals surface area contributed by atoms with Gasteiger partial charge in [0.1, 0.15) is 17.3 Å². The van der Waals surface area contributed by atoms with Crippen LogP contribution in [0.1, 0.15) is 28.8 Å². The van der Waals surface area contributed by atoms with Crippen LogP contribution < -0.4 is 4.74 Å². The van der Waals surface area contributed by atoms with Gasteiger partial charge in [0, 0.05) is 0 Å². The van der Waals surface area contributed by atoms with Gasteiger partial charge in [-0.25, -0.2) is 9.18 Å². The van der Waals surface area contributed by atoms with Crippen molar-refractivity contribution < 1.29 is 28.6 Å². The maximum Gasteiger partial charge on any atom is 0.371 e. The highest BCUT2D eigenvalue weighted by Gasteiger charge is 2.35. The summed E-state index contributed by atoms with van der Waals surface area (Å²) in [5.74, 6) is -2.23. The maximum atomic E-state index is 14.0. The highest BCUT2D eigenvalue weighted by Crippen LogP contribution is 2.37. The lowest BCUT2D eigenvalue weighted by atomic mass is 9.92. The Morgan fingerprint density at radius 1 is 1.35 bits per heavy atom. The van der Waals surface area contributed by atoms with E-state index in [4.69, 9.17) is 14.3 Å². The van der Waals surface area contributed by atoms with Crippen molar-refractivity contribution in [3.63, 3.8) is 0 Å². The summed E-state index contributed by atoms with van der Waals surface area (Å²) in [6.45, 7) is 1.30. The molecule has 1 aromatic carbocycles. The summed E-state index contributed by atoms with van der Waals surface area (Å²) in [7, 11) is 1.35. The molecule has 0 aliphatic heterocycles. The summed E-state index contributed by atoms with van der Waals surface area (Å²) >= 11 is 0. The molecule has 0 aliphatic carbocycles. The van der Waals surface area contributed by atoms with Gasteiger partial charge in [-0.05, 0) is 31.2 Å². The number of benzene rings is 1. The first-order valence-electron chi connectivity index (χ1n) is 5.77. The predicted molar refractivity (Wildman–Crippen MR) is 67.3 cm³/mol. The molecule has 2 N–H and O–H groups in total. The lowest BCUT2D eigenvalue weighted by Gasteiger charge is -2.24. The van der Waals surface area contributed by atoms with Crippen molar-refractivity contribution in [1.29, 1.82) is 0 Å². The van der Waals surface area contributed by atoms with Crippen molar-refractivity contribution in [2.24, 2.45) is 0 Å². The summed E-state index contributed by atoms with van der Waals surface area (Å²) in [6, 6.07) is 6.59. The second kappa shape index (κ2) is 4.97. The molecule has 20 heavy (non-hydrogen) atoms. The minimum absolute atomic E-state index is 0.0849. The summed E-state index contributed by atoms with van der Waals surface area (Å²) in [5, 5.41) is 19.4. The Labute approximate surface area is 114 Å². The molecule has 0 saturated heterocycles. The molecule has 106 valence electrons. The number of hydrogen-bond donors (Lipinski definition) is 2. The second-order valence-electron chi connectivity index (χ2n) is 4.36. The molecule has 0 aliphatic rings. The fraction of sp³-hybridized carbons (Fsp3) is 0.214. The molecular weight excluding hydrogens is 267 g/mol. The van der Waals surface area contributed by atoms with E-state index in [0.717, 1.165) is 0 Å². The lowest BCUT2D eigenvalue weighted by Crippen LogP contribution is -2.24. The number of halogens is 1. The number of carboxylic acid groups (broad SMARTS) is 1. The number of furan rings is 1. The largest absolute Gasteiger partial charge is 0.496 e. The van der Waals surface area contributed by atoms with Gasteiger partial charge in [0.2, 0.25) is 5.76 Å². The van der Waals surface area contributed by atoms with Gasteiger partial charge in [-0.3, -0.25) is 0 Å². The van der Waals surface area contributed by atoms with Crippen LogP contribution in [0.4, 0.5) is 4.39 Å². The topological polar surface area (TPSA) is 79.9 Å². The number of carboxylic acids is 1. The molecule has 2 rings (SSSR count). The molecule has 0 bridgehead atoms. The van der Waals surface area contributed by atoms with Crippen molar-refractivity contribution in [1.82, 2.24) is 0 Å². The van der Waals surface area contributed by atoms with E-state index in [1.165, 1.54) is 44.4 Å². The van der Waals surface area contributed by atoms with E-state index in [0.29, 0.717) is 0 Å². The highest BCUT2D eigenvalue weighted by atomic mass is 19.1. The molecule has 1 aromatic heterocycles. The van der Waals surface area contributed by atoms with Crippen LogP contribution in [0, 0.1) is 5.82 Å². The van der Waals surface area contributed by atoms with E-state index < -0.39 is 17.4 Å². The minimum Gasteiger partial charge on any atom is -0.496 e. The van der Waals surface area contributed by atoms with Crippen LogP contribution in [0.5, 0.6) is 5.75 Å². The molecule has 5 nitrogen and oxygen atoms in total. The fourth-order valence-electron chi connectivity index (χ4n) is 1.98. The standard InChI is InChI=1S/C14H13FO5/c1-14(18,11-7-6-10(20-11)13(16)17)12-8(15)4-3-5-9(12)19-2/h3-7,18H,1-2H3,(H,16,17). The third-order valence-corrected chi connectivity index (χ3v) is 2.98. The summed E-state index contributed by atoms with van der Waals surface area (Å²) in [5.41, 5.74) is -1.97. The van der Waals surface area contributed by atoms with Crippen LogP contribution in [-0.4, -0.2) is 23.3 Å². The van der Waals surface area contributed by atoms with Gasteiger partial charge in [0.05, 0.1) is 12.7 Å². The summed E-state index contributed by atoms with van der Waals surface area (Å²) in [6.07, 6.45) is 0. The number of aliphatic hydroxyl groups is 1. The minimum atomic E-state index is -1.86. The third-order valence-electron chi connectivity index (χ3n) is 2.98. The van der Waals surface area contributed by atoms with E-state index in [-0.39, 0.29) is 22.8 Å². The molecule has 1 heterocycles. The molecular formula is C14H13FO5. The monoisotopic (exact) mass is 280 g/mol. The summed E-state index contributed by atoms with van der Waals surface area (Å²) in [4.78, 5) is 10.8. The number of aromatic carboxylic acids is 1. The predicted octanol–water partition coefficient (Wildman–Crippen LogP) is 2.38. The smallest absolute Gasteiger partial charge is 0.371 e. The normalized spacial score (nSPS) is 13.8. The third kappa shape index (κ3) is 2.25. The molecule has 2 aromatic rings. The van der Waals surface area contributed by atoms with Crippen LogP contribution >= 0.6 is 0 Å². The Balaban J connectivity index is 2.56. The molecule has 0 spiro atoms. The molecule has 0 saturated carbocycles. The van der Waals surface area contributed by atoms with Crippen molar-refractivity contribution in [3.05, 3.63) is 53.2 Å². The Morgan fingerprint density at radius 2 is 2.05 bits per heavy atom. The Hall–Kier alpha value is -2.34.